The highest BCUT2D eigenvalue weighted by Gasteiger charge is 2.36. The van der Waals surface area contributed by atoms with Crippen LogP contribution in [0.1, 0.15) is 25.2 Å². The van der Waals surface area contributed by atoms with Crippen molar-refractivity contribution in [2.24, 2.45) is 7.05 Å². The molecule has 8 heteroatoms. The predicted octanol–water partition coefficient (Wildman–Crippen LogP) is 4.21. The zero-order valence-corrected chi connectivity index (χ0v) is 14.4. The van der Waals surface area contributed by atoms with E-state index in [-0.39, 0.29) is 11.4 Å². The standard InChI is InChI=1S/C18H17F3N4O/c1-17(2,26-12-7-6-10-22-11-12)16-24-23-15(25(16)3)13-8-4-5-9-14(13)18(19,20)21/h4-11H,1-3H3. The molecule has 0 radical (unpaired) electrons. The first kappa shape index (κ1) is 17.9. The molecule has 2 heterocycles. The molecule has 1 aromatic carbocycles. The molecule has 3 rings (SSSR count). The summed E-state index contributed by atoms with van der Waals surface area (Å²) in [5.41, 5.74) is -1.71. The van der Waals surface area contributed by atoms with Gasteiger partial charge in [-0.3, -0.25) is 4.98 Å². The molecular formula is C18H17F3N4O. The van der Waals surface area contributed by atoms with E-state index in [1.165, 1.54) is 22.8 Å². The molecule has 0 fully saturated rings. The first-order chi connectivity index (χ1) is 12.2. The topological polar surface area (TPSA) is 52.8 Å². The lowest BCUT2D eigenvalue weighted by molar-refractivity contribution is -0.137. The second-order valence-corrected chi connectivity index (χ2v) is 6.25. The summed E-state index contributed by atoms with van der Waals surface area (Å²) in [6.07, 6.45) is -1.31. The Hall–Kier alpha value is -2.90. The molecule has 5 nitrogen and oxygen atoms in total. The number of halogens is 3. The Labute approximate surface area is 148 Å². The fourth-order valence-electron chi connectivity index (χ4n) is 2.76. The maximum atomic E-state index is 13.3. The van der Waals surface area contributed by atoms with Crippen LogP contribution in [0.3, 0.4) is 0 Å². The summed E-state index contributed by atoms with van der Waals surface area (Å²) in [5.74, 6) is 1.04. The van der Waals surface area contributed by atoms with Crippen LogP contribution in [-0.2, 0) is 18.8 Å². The number of pyridine rings is 1. The minimum atomic E-state index is -4.48. The molecule has 0 N–H and O–H groups in total. The molecule has 0 unspecified atom stereocenters. The SMILES string of the molecule is Cn1c(-c2ccccc2C(F)(F)F)nnc1C(C)(C)Oc1cccnc1. The van der Waals surface area contributed by atoms with Gasteiger partial charge < -0.3 is 9.30 Å². The molecule has 0 aliphatic rings. The lowest BCUT2D eigenvalue weighted by Gasteiger charge is -2.25. The molecule has 0 aliphatic carbocycles. The number of nitrogens with zero attached hydrogens (tertiary/aromatic N) is 4. The van der Waals surface area contributed by atoms with Crippen molar-refractivity contribution in [1.29, 1.82) is 0 Å². The lowest BCUT2D eigenvalue weighted by Crippen LogP contribution is -2.29. The van der Waals surface area contributed by atoms with Gasteiger partial charge in [0.1, 0.15) is 5.75 Å². The molecule has 136 valence electrons. The van der Waals surface area contributed by atoms with Crippen LogP contribution >= 0.6 is 0 Å². The van der Waals surface area contributed by atoms with Crippen LogP contribution in [0.15, 0.2) is 48.8 Å². The molecule has 2 aromatic heterocycles. The number of hydrogen-bond acceptors (Lipinski definition) is 4. The van der Waals surface area contributed by atoms with Crippen molar-refractivity contribution in [3.05, 3.63) is 60.2 Å². The summed E-state index contributed by atoms with van der Waals surface area (Å²) in [4.78, 5) is 3.98. The zero-order chi connectivity index (χ0) is 18.9. The van der Waals surface area contributed by atoms with Crippen molar-refractivity contribution >= 4 is 0 Å². The van der Waals surface area contributed by atoms with Gasteiger partial charge in [0.15, 0.2) is 17.2 Å². The van der Waals surface area contributed by atoms with Gasteiger partial charge in [-0.1, -0.05) is 18.2 Å². The van der Waals surface area contributed by atoms with E-state index < -0.39 is 17.3 Å². The van der Waals surface area contributed by atoms with E-state index in [2.05, 4.69) is 15.2 Å². The van der Waals surface area contributed by atoms with Crippen LogP contribution in [0.4, 0.5) is 13.2 Å². The fraction of sp³-hybridized carbons (Fsp3) is 0.278. The first-order valence-corrected chi connectivity index (χ1v) is 7.85. The van der Waals surface area contributed by atoms with E-state index in [9.17, 15) is 13.2 Å². The molecule has 0 saturated carbocycles. The third-order valence-corrected chi connectivity index (χ3v) is 3.89. The van der Waals surface area contributed by atoms with Crippen molar-refractivity contribution < 1.29 is 17.9 Å². The Balaban J connectivity index is 2.02. The van der Waals surface area contributed by atoms with Crippen molar-refractivity contribution in [1.82, 2.24) is 19.7 Å². The Bertz CT molecular complexity index is 904. The summed E-state index contributed by atoms with van der Waals surface area (Å²) >= 11 is 0. The number of benzene rings is 1. The van der Waals surface area contributed by atoms with Crippen LogP contribution in [0.2, 0.25) is 0 Å². The predicted molar refractivity (Wildman–Crippen MR) is 89.3 cm³/mol. The lowest BCUT2D eigenvalue weighted by atomic mass is 10.1. The highest BCUT2D eigenvalue weighted by Crippen LogP contribution is 2.37. The summed E-state index contributed by atoms with van der Waals surface area (Å²) < 4.78 is 47.3. The van der Waals surface area contributed by atoms with E-state index in [0.29, 0.717) is 11.6 Å². The summed E-state index contributed by atoms with van der Waals surface area (Å²) in [5, 5.41) is 8.07. The Morgan fingerprint density at radius 2 is 1.73 bits per heavy atom. The Kier molecular flexibility index (Phi) is 4.43. The second-order valence-electron chi connectivity index (χ2n) is 6.25. The van der Waals surface area contributed by atoms with Gasteiger partial charge in [0, 0.05) is 18.8 Å². The molecule has 0 atom stereocenters. The number of rotatable bonds is 4. The minimum absolute atomic E-state index is 0.0292. The molecular weight excluding hydrogens is 345 g/mol. The normalized spacial score (nSPS) is 12.2. The highest BCUT2D eigenvalue weighted by molar-refractivity contribution is 5.61. The average Bonchev–Trinajstić information content (AvgIpc) is 2.97. The number of hydrogen-bond donors (Lipinski definition) is 0. The van der Waals surface area contributed by atoms with Gasteiger partial charge in [-0.2, -0.15) is 13.2 Å². The summed E-state index contributed by atoms with van der Waals surface area (Å²) in [6, 6.07) is 8.76. The highest BCUT2D eigenvalue weighted by atomic mass is 19.4. The number of alkyl halides is 3. The van der Waals surface area contributed by atoms with E-state index in [4.69, 9.17) is 4.74 Å². The van der Waals surface area contributed by atoms with Gasteiger partial charge in [-0.15, -0.1) is 10.2 Å². The van der Waals surface area contributed by atoms with Crippen molar-refractivity contribution in [2.45, 2.75) is 25.6 Å². The number of ether oxygens (including phenoxy) is 1. The third-order valence-electron chi connectivity index (χ3n) is 3.89. The largest absolute Gasteiger partial charge is 0.478 e. The van der Waals surface area contributed by atoms with Crippen LogP contribution in [0.5, 0.6) is 5.75 Å². The maximum Gasteiger partial charge on any atom is 0.417 e. The van der Waals surface area contributed by atoms with Gasteiger partial charge in [0.2, 0.25) is 0 Å². The minimum Gasteiger partial charge on any atom is -0.478 e. The smallest absolute Gasteiger partial charge is 0.417 e. The van der Waals surface area contributed by atoms with Crippen molar-refractivity contribution in [2.75, 3.05) is 0 Å². The van der Waals surface area contributed by atoms with E-state index in [0.717, 1.165) is 6.07 Å². The fourth-order valence-corrected chi connectivity index (χ4v) is 2.76. The summed E-state index contributed by atoms with van der Waals surface area (Å²) in [7, 11) is 1.62. The van der Waals surface area contributed by atoms with Crippen molar-refractivity contribution in [3.63, 3.8) is 0 Å². The van der Waals surface area contributed by atoms with Crippen LogP contribution < -0.4 is 4.74 Å². The monoisotopic (exact) mass is 362 g/mol. The summed E-state index contributed by atoms with van der Waals surface area (Å²) in [6.45, 7) is 3.53. The van der Waals surface area contributed by atoms with E-state index >= 15 is 0 Å². The van der Waals surface area contributed by atoms with E-state index in [1.807, 2.05) is 0 Å². The van der Waals surface area contributed by atoms with E-state index in [1.54, 1.807) is 45.4 Å². The van der Waals surface area contributed by atoms with Gasteiger partial charge >= 0.3 is 6.18 Å². The molecule has 26 heavy (non-hydrogen) atoms. The maximum absolute atomic E-state index is 13.3. The van der Waals surface area contributed by atoms with Crippen LogP contribution in [0.25, 0.3) is 11.4 Å². The Morgan fingerprint density at radius 1 is 1.00 bits per heavy atom. The Morgan fingerprint density at radius 3 is 2.38 bits per heavy atom. The van der Waals surface area contributed by atoms with Gasteiger partial charge in [0.05, 0.1) is 11.8 Å². The molecule has 3 aromatic rings. The van der Waals surface area contributed by atoms with Crippen molar-refractivity contribution in [3.8, 4) is 17.1 Å². The van der Waals surface area contributed by atoms with Gasteiger partial charge in [-0.25, -0.2) is 0 Å². The molecule has 0 saturated heterocycles. The second kappa shape index (κ2) is 6.44. The molecule has 0 bridgehead atoms. The van der Waals surface area contributed by atoms with Gasteiger partial charge in [-0.05, 0) is 32.0 Å². The zero-order valence-electron chi connectivity index (χ0n) is 14.4. The first-order valence-electron chi connectivity index (χ1n) is 7.85. The third kappa shape index (κ3) is 3.40. The van der Waals surface area contributed by atoms with Crippen LogP contribution in [-0.4, -0.2) is 19.7 Å². The average molecular weight is 362 g/mol. The van der Waals surface area contributed by atoms with Crippen LogP contribution in [0, 0.1) is 0 Å². The molecule has 0 aliphatic heterocycles. The molecule has 0 amide bonds. The molecule has 0 spiro atoms. The van der Waals surface area contributed by atoms with Gasteiger partial charge in [0.25, 0.3) is 0 Å². The quantitative estimate of drug-likeness (QED) is 0.698. The number of aromatic nitrogens is 4.